The number of anilines is 1. The van der Waals surface area contributed by atoms with Gasteiger partial charge in [-0.1, -0.05) is 17.3 Å². The van der Waals surface area contributed by atoms with Crippen LogP contribution in [0.5, 0.6) is 0 Å². The molecule has 0 radical (unpaired) electrons. The molecule has 0 spiro atoms. The smallest absolute Gasteiger partial charge is 0.405 e. The van der Waals surface area contributed by atoms with E-state index in [1.54, 1.807) is 24.3 Å². The fraction of sp³-hybridized carbons (Fsp3) is 0.333. The third-order valence-corrected chi connectivity index (χ3v) is 2.87. The number of rotatable bonds is 6. The van der Waals surface area contributed by atoms with E-state index < -0.39 is 12.4 Å². The summed E-state index contributed by atoms with van der Waals surface area (Å²) in [5.74, 6) is 0. The summed E-state index contributed by atoms with van der Waals surface area (Å²) in [5.41, 5.74) is 7.18. The first-order chi connectivity index (χ1) is 10.2. The van der Waals surface area contributed by atoms with Crippen LogP contribution in [0, 0.1) is 48.2 Å². The number of hydrogen-bond acceptors (Lipinski definition) is 6. The monoisotopic (exact) mass is 526 g/mol. The van der Waals surface area contributed by atoms with Gasteiger partial charge in [0.1, 0.15) is 0 Å². The van der Waals surface area contributed by atoms with E-state index in [-0.39, 0.29) is 37.7 Å². The number of nitrogens with two attached hydrogens (primary N) is 1. The number of aliphatic hydroxyl groups excluding tert-OH is 1. The van der Waals surface area contributed by atoms with Crippen LogP contribution in [-0.2, 0) is 9.47 Å². The largest absolute Gasteiger partial charge is 2.00 e. The standard InChI is InChI=1S/C15H16N2O4.U/c16-13-3-1-2-12(10-13)15(18)11(6-7-17-19)4-5-14-20-8-9-21-14;/h1-4,10,14-15,18H,7-9,16H2;/q-2;+2. The number of aliphatic hydroxyl groups is 1. The van der Waals surface area contributed by atoms with Crippen molar-refractivity contribution in [2.24, 2.45) is 5.18 Å². The zero-order valence-corrected chi connectivity index (χ0v) is 16.0. The molecule has 114 valence electrons. The molecule has 1 heterocycles. The Hall–Kier alpha value is -0.968. The predicted octanol–water partition coefficient (Wildman–Crippen LogP) is 1.53. The summed E-state index contributed by atoms with van der Waals surface area (Å²) in [6.45, 7) is 0.836. The molecule has 7 heteroatoms. The molecule has 1 aliphatic heterocycles. The van der Waals surface area contributed by atoms with Gasteiger partial charge in [-0.3, -0.25) is 0 Å². The van der Waals surface area contributed by atoms with Crippen molar-refractivity contribution < 1.29 is 45.7 Å². The van der Waals surface area contributed by atoms with Gasteiger partial charge in [0.25, 0.3) is 0 Å². The van der Waals surface area contributed by atoms with E-state index in [0.29, 0.717) is 30.0 Å². The molecule has 1 aromatic carbocycles. The molecule has 0 aromatic heterocycles. The fourth-order valence-corrected chi connectivity index (χ4v) is 1.87. The molecule has 3 N–H and O–H groups in total. The first-order valence-corrected chi connectivity index (χ1v) is 6.46. The molecule has 22 heavy (non-hydrogen) atoms. The topological polar surface area (TPSA) is 94.1 Å². The van der Waals surface area contributed by atoms with E-state index in [0.717, 1.165) is 0 Å². The molecule has 0 bridgehead atoms. The van der Waals surface area contributed by atoms with Crippen LogP contribution >= 0.6 is 0 Å². The maximum Gasteiger partial charge on any atom is 2.00 e. The van der Waals surface area contributed by atoms with Crippen LogP contribution in [0.15, 0.2) is 41.1 Å². The van der Waals surface area contributed by atoms with E-state index in [1.165, 1.54) is 6.08 Å². The van der Waals surface area contributed by atoms with Crippen LogP contribution in [-0.4, -0.2) is 31.2 Å². The number of nitrogen functional groups attached to an aromatic ring is 1. The number of nitroso groups, excluding NO2 is 1. The van der Waals surface area contributed by atoms with Crippen molar-refractivity contribution in [2.45, 2.75) is 12.4 Å². The second-order valence-corrected chi connectivity index (χ2v) is 4.38. The summed E-state index contributed by atoms with van der Waals surface area (Å²) >= 11 is 0. The third-order valence-electron chi connectivity index (χ3n) is 2.87. The maximum absolute atomic E-state index is 10.4. The summed E-state index contributed by atoms with van der Waals surface area (Å²) in [5, 5.41) is 13.1. The van der Waals surface area contributed by atoms with Gasteiger partial charge in [-0.25, -0.2) is 0 Å². The molecule has 1 atom stereocenters. The molecule has 1 aliphatic rings. The van der Waals surface area contributed by atoms with Crippen molar-refractivity contribution in [3.8, 4) is 0 Å². The summed E-state index contributed by atoms with van der Waals surface area (Å²) in [7, 11) is 0. The minimum atomic E-state index is -0.982. The zero-order chi connectivity index (χ0) is 15.1. The number of benzene rings is 1. The van der Waals surface area contributed by atoms with Gasteiger partial charge >= 0.3 is 31.1 Å². The van der Waals surface area contributed by atoms with Crippen LogP contribution in [0.4, 0.5) is 5.69 Å². The second kappa shape index (κ2) is 9.93. The molecule has 2 rings (SSSR count). The molecule has 1 saturated heterocycles. The van der Waals surface area contributed by atoms with Gasteiger partial charge in [0.15, 0.2) is 0 Å². The van der Waals surface area contributed by atoms with Gasteiger partial charge in [-0.05, 0) is 17.7 Å². The molecule has 6 nitrogen and oxygen atoms in total. The Morgan fingerprint density at radius 2 is 2.23 bits per heavy atom. The molecule has 1 fully saturated rings. The van der Waals surface area contributed by atoms with Gasteiger partial charge in [-0.15, -0.1) is 0 Å². The Kier molecular flexibility index (Phi) is 8.61. The molecule has 1 unspecified atom stereocenters. The summed E-state index contributed by atoms with van der Waals surface area (Å²) in [6.07, 6.45) is 5.52. The van der Waals surface area contributed by atoms with Crippen molar-refractivity contribution >= 4 is 5.69 Å². The van der Waals surface area contributed by atoms with Crippen molar-refractivity contribution in [1.82, 2.24) is 0 Å². The Morgan fingerprint density at radius 1 is 1.50 bits per heavy atom. The van der Waals surface area contributed by atoms with Crippen LogP contribution in [0.1, 0.15) is 11.7 Å². The maximum atomic E-state index is 10.4. The average Bonchev–Trinajstić information content (AvgIpc) is 3.00. The van der Waals surface area contributed by atoms with E-state index in [9.17, 15) is 10.0 Å². The second-order valence-electron chi connectivity index (χ2n) is 4.38. The van der Waals surface area contributed by atoms with Crippen LogP contribution < -0.4 is 5.73 Å². The van der Waals surface area contributed by atoms with E-state index in [2.05, 4.69) is 17.3 Å². The molecular formula is C15H16N2O4U. The Morgan fingerprint density at radius 3 is 2.86 bits per heavy atom. The minimum absolute atomic E-state index is 0. The Bertz CT molecular complexity index is 542. The van der Waals surface area contributed by atoms with Gasteiger partial charge in [-0.2, -0.15) is 4.91 Å². The SMILES string of the molecule is Nc1cccc(C(O)C(=[C-]CN=O)C=[C-]C2OCCO2)c1.[U+2]. The van der Waals surface area contributed by atoms with Crippen molar-refractivity contribution in [2.75, 3.05) is 25.5 Å². The quantitative estimate of drug-likeness (QED) is 0.254. The van der Waals surface area contributed by atoms with Gasteiger partial charge in [0, 0.05) is 18.3 Å². The average molecular weight is 526 g/mol. The van der Waals surface area contributed by atoms with Crippen molar-refractivity contribution in [3.05, 3.63) is 58.5 Å². The minimum Gasteiger partial charge on any atom is -0.405 e. The predicted molar refractivity (Wildman–Crippen MR) is 76.7 cm³/mol. The first kappa shape index (κ1) is 19.1. The molecular weight excluding hydrogens is 510 g/mol. The third kappa shape index (κ3) is 5.67. The van der Waals surface area contributed by atoms with Crippen molar-refractivity contribution in [3.63, 3.8) is 0 Å². The Labute approximate surface area is 152 Å². The first-order valence-electron chi connectivity index (χ1n) is 6.46. The summed E-state index contributed by atoms with van der Waals surface area (Å²) in [6, 6.07) is 6.84. The van der Waals surface area contributed by atoms with E-state index in [4.69, 9.17) is 15.2 Å². The summed E-state index contributed by atoms with van der Waals surface area (Å²) < 4.78 is 10.4. The molecule has 1 aromatic rings. The molecule has 0 aliphatic carbocycles. The number of ether oxygens (including phenoxy) is 2. The van der Waals surface area contributed by atoms with Crippen molar-refractivity contribution in [1.29, 1.82) is 0 Å². The van der Waals surface area contributed by atoms with Gasteiger partial charge < -0.3 is 44.1 Å². The number of nitrogens with zero attached hydrogens (tertiary/aromatic N) is 1. The van der Waals surface area contributed by atoms with Crippen LogP contribution in [0.2, 0.25) is 0 Å². The molecule has 0 saturated carbocycles. The number of hydrogen-bond donors (Lipinski definition) is 2. The van der Waals surface area contributed by atoms with E-state index in [1.807, 2.05) is 0 Å². The Balaban J connectivity index is 0.00000242. The van der Waals surface area contributed by atoms with Crippen LogP contribution in [0.25, 0.3) is 0 Å². The van der Waals surface area contributed by atoms with Gasteiger partial charge in [0.2, 0.25) is 0 Å². The summed E-state index contributed by atoms with van der Waals surface area (Å²) in [4.78, 5) is 10.3. The molecule has 0 amide bonds. The fourth-order valence-electron chi connectivity index (χ4n) is 1.87. The zero-order valence-electron chi connectivity index (χ0n) is 11.9. The van der Waals surface area contributed by atoms with E-state index >= 15 is 0 Å². The van der Waals surface area contributed by atoms with Crippen LogP contribution in [0.3, 0.4) is 0 Å². The van der Waals surface area contributed by atoms with Gasteiger partial charge in [0.05, 0.1) is 19.5 Å². The normalized spacial score (nSPS) is 17.4.